The number of hydrogen-bond donors (Lipinski definition) is 1. The van der Waals surface area contributed by atoms with E-state index in [0.717, 1.165) is 19.0 Å². The lowest BCUT2D eigenvalue weighted by atomic mass is 9.72. The van der Waals surface area contributed by atoms with E-state index < -0.39 is 0 Å². The molecule has 1 nitrogen and oxygen atoms in total. The molecule has 2 unspecified atom stereocenters. The quantitative estimate of drug-likeness (QED) is 0.852. The van der Waals surface area contributed by atoms with Gasteiger partial charge in [0.1, 0.15) is 5.82 Å². The van der Waals surface area contributed by atoms with Crippen LogP contribution in [0.1, 0.15) is 24.3 Å². The molecular weight excluding hydrogens is 237 g/mol. The summed E-state index contributed by atoms with van der Waals surface area (Å²) in [7, 11) is 0. The predicted octanol–water partition coefficient (Wildman–Crippen LogP) is 3.65. The molecule has 100 valence electrons. The Morgan fingerprint density at radius 3 is 2.37 bits per heavy atom. The molecule has 0 saturated carbocycles. The van der Waals surface area contributed by atoms with Gasteiger partial charge < -0.3 is 5.32 Å². The molecule has 2 aliphatic rings. The van der Waals surface area contributed by atoms with Crippen LogP contribution in [0.5, 0.6) is 0 Å². The molecule has 1 saturated heterocycles. The summed E-state index contributed by atoms with van der Waals surface area (Å²) in [5, 5.41) is 3.42. The van der Waals surface area contributed by atoms with Crippen LogP contribution in [-0.2, 0) is 0 Å². The summed E-state index contributed by atoms with van der Waals surface area (Å²) >= 11 is 0. The SMILES string of the molecule is Fc1ccc(C2C=CC=CC2C2CCNCC2)cc1. The Kier molecular flexibility index (Phi) is 3.79. The molecule has 1 aliphatic heterocycles. The first kappa shape index (κ1) is 12.6. The molecule has 19 heavy (non-hydrogen) atoms. The Bertz CT molecular complexity index is 469. The minimum Gasteiger partial charge on any atom is -0.317 e. The molecule has 0 radical (unpaired) electrons. The van der Waals surface area contributed by atoms with Gasteiger partial charge in [-0.25, -0.2) is 4.39 Å². The topological polar surface area (TPSA) is 12.0 Å². The van der Waals surface area contributed by atoms with Gasteiger partial charge in [0.2, 0.25) is 0 Å². The maximum absolute atomic E-state index is 13.1. The highest BCUT2D eigenvalue weighted by molar-refractivity contribution is 5.31. The van der Waals surface area contributed by atoms with E-state index in [9.17, 15) is 4.39 Å². The Morgan fingerprint density at radius 2 is 1.63 bits per heavy atom. The second-order valence-corrected chi connectivity index (χ2v) is 5.51. The van der Waals surface area contributed by atoms with Gasteiger partial charge in [0.15, 0.2) is 0 Å². The lowest BCUT2D eigenvalue weighted by Gasteiger charge is -2.34. The van der Waals surface area contributed by atoms with Crippen LogP contribution >= 0.6 is 0 Å². The molecule has 1 aliphatic carbocycles. The highest BCUT2D eigenvalue weighted by Crippen LogP contribution is 2.38. The van der Waals surface area contributed by atoms with Crippen molar-refractivity contribution in [3.63, 3.8) is 0 Å². The van der Waals surface area contributed by atoms with E-state index in [-0.39, 0.29) is 5.82 Å². The molecule has 2 atom stereocenters. The molecular formula is C17H20FN. The lowest BCUT2D eigenvalue weighted by Crippen LogP contribution is -2.33. The van der Waals surface area contributed by atoms with E-state index in [4.69, 9.17) is 0 Å². The van der Waals surface area contributed by atoms with Gasteiger partial charge in [-0.1, -0.05) is 36.4 Å². The summed E-state index contributed by atoms with van der Waals surface area (Å²) in [6.45, 7) is 2.24. The van der Waals surface area contributed by atoms with Crippen LogP contribution in [0.15, 0.2) is 48.6 Å². The number of piperidine rings is 1. The third-order valence-corrected chi connectivity index (χ3v) is 4.36. The Morgan fingerprint density at radius 1 is 0.947 bits per heavy atom. The number of allylic oxidation sites excluding steroid dienone is 4. The van der Waals surface area contributed by atoms with Gasteiger partial charge in [0, 0.05) is 5.92 Å². The van der Waals surface area contributed by atoms with E-state index in [2.05, 4.69) is 29.6 Å². The second kappa shape index (κ2) is 5.70. The zero-order valence-electron chi connectivity index (χ0n) is 11.1. The molecule has 1 fully saturated rings. The maximum Gasteiger partial charge on any atom is 0.123 e. The van der Waals surface area contributed by atoms with Crippen molar-refractivity contribution >= 4 is 0 Å². The van der Waals surface area contributed by atoms with Gasteiger partial charge in [-0.15, -0.1) is 0 Å². The van der Waals surface area contributed by atoms with Crippen molar-refractivity contribution in [1.29, 1.82) is 0 Å². The van der Waals surface area contributed by atoms with E-state index in [1.165, 1.54) is 18.4 Å². The van der Waals surface area contributed by atoms with E-state index in [1.54, 1.807) is 12.1 Å². The van der Waals surface area contributed by atoms with Gasteiger partial charge in [0.05, 0.1) is 0 Å². The molecule has 0 amide bonds. The molecule has 2 heteroatoms. The van der Waals surface area contributed by atoms with Crippen LogP contribution in [-0.4, -0.2) is 13.1 Å². The molecule has 0 aromatic heterocycles. The first-order chi connectivity index (χ1) is 9.34. The third-order valence-electron chi connectivity index (χ3n) is 4.36. The first-order valence-electron chi connectivity index (χ1n) is 7.16. The zero-order valence-corrected chi connectivity index (χ0v) is 11.1. The van der Waals surface area contributed by atoms with Gasteiger partial charge in [-0.2, -0.15) is 0 Å². The van der Waals surface area contributed by atoms with Crippen molar-refractivity contribution in [3.05, 3.63) is 60.0 Å². The third kappa shape index (κ3) is 2.79. The fourth-order valence-electron chi connectivity index (χ4n) is 3.32. The Balaban J connectivity index is 1.83. The first-order valence-corrected chi connectivity index (χ1v) is 7.16. The van der Waals surface area contributed by atoms with E-state index in [0.29, 0.717) is 11.8 Å². The number of nitrogens with one attached hydrogen (secondary N) is 1. The van der Waals surface area contributed by atoms with Crippen molar-refractivity contribution in [2.24, 2.45) is 11.8 Å². The monoisotopic (exact) mass is 257 g/mol. The maximum atomic E-state index is 13.1. The Labute approximate surface area is 114 Å². The molecule has 1 aromatic rings. The highest BCUT2D eigenvalue weighted by Gasteiger charge is 2.29. The van der Waals surface area contributed by atoms with E-state index in [1.807, 2.05) is 12.1 Å². The normalized spacial score (nSPS) is 27.6. The summed E-state index contributed by atoms with van der Waals surface area (Å²) in [6.07, 6.45) is 11.4. The van der Waals surface area contributed by atoms with E-state index >= 15 is 0 Å². The van der Waals surface area contributed by atoms with Crippen molar-refractivity contribution < 1.29 is 4.39 Å². The van der Waals surface area contributed by atoms with Crippen molar-refractivity contribution in [3.8, 4) is 0 Å². The Hall–Kier alpha value is -1.41. The minimum atomic E-state index is -0.155. The molecule has 1 heterocycles. The van der Waals surface area contributed by atoms with Crippen molar-refractivity contribution in [2.75, 3.05) is 13.1 Å². The van der Waals surface area contributed by atoms with Crippen molar-refractivity contribution in [1.82, 2.24) is 5.32 Å². The smallest absolute Gasteiger partial charge is 0.123 e. The molecule has 3 rings (SSSR count). The summed E-state index contributed by atoms with van der Waals surface area (Å²) in [6, 6.07) is 7.00. The molecule has 1 aromatic carbocycles. The van der Waals surface area contributed by atoms with Crippen LogP contribution < -0.4 is 5.32 Å². The summed E-state index contributed by atoms with van der Waals surface area (Å²) in [4.78, 5) is 0. The summed E-state index contributed by atoms with van der Waals surface area (Å²) < 4.78 is 13.1. The largest absolute Gasteiger partial charge is 0.317 e. The van der Waals surface area contributed by atoms with Gasteiger partial charge in [0.25, 0.3) is 0 Å². The van der Waals surface area contributed by atoms with Crippen molar-refractivity contribution in [2.45, 2.75) is 18.8 Å². The number of halogens is 1. The van der Waals surface area contributed by atoms with Crippen LogP contribution in [0.2, 0.25) is 0 Å². The summed E-state index contributed by atoms with van der Waals surface area (Å²) in [5.74, 6) is 1.53. The number of rotatable bonds is 2. The zero-order chi connectivity index (χ0) is 13.1. The van der Waals surface area contributed by atoms with Crippen LogP contribution in [0, 0.1) is 17.7 Å². The standard InChI is InChI=1S/C17H20FN/c18-15-7-5-13(6-8-15)16-3-1-2-4-17(16)14-9-11-19-12-10-14/h1-8,14,16-17,19H,9-12H2. The van der Waals surface area contributed by atoms with Gasteiger partial charge >= 0.3 is 0 Å². The number of benzene rings is 1. The second-order valence-electron chi connectivity index (χ2n) is 5.51. The fourth-order valence-corrected chi connectivity index (χ4v) is 3.32. The molecule has 0 spiro atoms. The molecule has 0 bridgehead atoms. The average molecular weight is 257 g/mol. The van der Waals surface area contributed by atoms with Gasteiger partial charge in [-0.05, 0) is 55.5 Å². The highest BCUT2D eigenvalue weighted by atomic mass is 19.1. The van der Waals surface area contributed by atoms with Gasteiger partial charge in [-0.3, -0.25) is 0 Å². The van der Waals surface area contributed by atoms with Crippen LogP contribution in [0.25, 0.3) is 0 Å². The summed E-state index contributed by atoms with van der Waals surface area (Å²) in [5.41, 5.74) is 1.23. The van der Waals surface area contributed by atoms with Crippen LogP contribution in [0.4, 0.5) is 4.39 Å². The van der Waals surface area contributed by atoms with Crippen LogP contribution in [0.3, 0.4) is 0 Å². The average Bonchev–Trinajstić information content (AvgIpc) is 2.49. The number of hydrogen-bond acceptors (Lipinski definition) is 1. The minimum absolute atomic E-state index is 0.155. The predicted molar refractivity (Wildman–Crippen MR) is 76.5 cm³/mol. The molecule has 1 N–H and O–H groups in total. The lowest BCUT2D eigenvalue weighted by molar-refractivity contribution is 0.281. The fraction of sp³-hybridized carbons (Fsp3) is 0.412.